The number of aryl methyl sites for hydroxylation is 1. The third-order valence-electron chi connectivity index (χ3n) is 4.07. The number of carbonyl (C=O) groups is 1. The lowest BCUT2D eigenvalue weighted by Gasteiger charge is -2.42. The first kappa shape index (κ1) is 14.5. The van der Waals surface area contributed by atoms with Gasteiger partial charge in [0.2, 0.25) is 0 Å². The van der Waals surface area contributed by atoms with Crippen LogP contribution in [-0.2, 0) is 0 Å². The van der Waals surface area contributed by atoms with Gasteiger partial charge in [0.1, 0.15) is 0 Å². The summed E-state index contributed by atoms with van der Waals surface area (Å²) in [5.41, 5.74) is 1.87. The quantitative estimate of drug-likeness (QED) is 0.793. The van der Waals surface area contributed by atoms with Crippen LogP contribution in [0.2, 0.25) is 0 Å². The standard InChI is InChI=1S/C15H21BrN2O/c1-10-6-5-7-13(14(10)16)15(19)18-8-11(2)17(4)12(3)9-18/h5-7,11-12H,8-9H2,1-4H3. The molecule has 1 fully saturated rings. The molecule has 3 nitrogen and oxygen atoms in total. The van der Waals surface area contributed by atoms with Gasteiger partial charge < -0.3 is 4.90 Å². The number of hydrogen-bond donors (Lipinski definition) is 0. The lowest BCUT2D eigenvalue weighted by atomic mass is 10.1. The van der Waals surface area contributed by atoms with Crippen molar-refractivity contribution in [3.05, 3.63) is 33.8 Å². The summed E-state index contributed by atoms with van der Waals surface area (Å²) in [4.78, 5) is 16.9. The molecule has 1 saturated heterocycles. The molecule has 2 unspecified atom stereocenters. The molecule has 0 aromatic heterocycles. The van der Waals surface area contributed by atoms with E-state index in [4.69, 9.17) is 0 Å². The molecule has 1 aliphatic rings. The lowest BCUT2D eigenvalue weighted by Crippen LogP contribution is -2.56. The van der Waals surface area contributed by atoms with Gasteiger partial charge in [0.05, 0.1) is 5.56 Å². The maximum Gasteiger partial charge on any atom is 0.255 e. The number of rotatable bonds is 1. The first-order valence-electron chi connectivity index (χ1n) is 6.68. The van der Waals surface area contributed by atoms with Crippen molar-refractivity contribution in [1.29, 1.82) is 0 Å². The predicted molar refractivity (Wildman–Crippen MR) is 81.5 cm³/mol. The van der Waals surface area contributed by atoms with E-state index in [1.54, 1.807) is 0 Å². The molecule has 0 spiro atoms. The lowest BCUT2D eigenvalue weighted by molar-refractivity contribution is 0.0413. The van der Waals surface area contributed by atoms with Crippen LogP contribution in [0.4, 0.5) is 0 Å². The summed E-state index contributed by atoms with van der Waals surface area (Å²) in [6, 6.07) is 6.65. The SMILES string of the molecule is Cc1cccc(C(=O)N2CC(C)N(C)C(C)C2)c1Br. The largest absolute Gasteiger partial charge is 0.335 e. The number of benzene rings is 1. The summed E-state index contributed by atoms with van der Waals surface area (Å²) in [6.45, 7) is 7.93. The van der Waals surface area contributed by atoms with Gasteiger partial charge in [-0.3, -0.25) is 9.69 Å². The van der Waals surface area contributed by atoms with E-state index in [1.807, 2.05) is 30.0 Å². The van der Waals surface area contributed by atoms with Crippen LogP contribution in [0.15, 0.2) is 22.7 Å². The van der Waals surface area contributed by atoms with Gasteiger partial charge in [-0.1, -0.05) is 12.1 Å². The van der Waals surface area contributed by atoms with Crippen molar-refractivity contribution in [3.63, 3.8) is 0 Å². The first-order chi connectivity index (χ1) is 8.91. The van der Waals surface area contributed by atoms with Crippen LogP contribution in [0.3, 0.4) is 0 Å². The predicted octanol–water partition coefficient (Wildman–Crippen LogP) is 2.92. The average molecular weight is 325 g/mol. The van der Waals surface area contributed by atoms with Gasteiger partial charge >= 0.3 is 0 Å². The molecule has 1 aromatic carbocycles. The third kappa shape index (κ3) is 2.84. The minimum atomic E-state index is 0.127. The molecule has 1 aliphatic heterocycles. The Kier molecular flexibility index (Phi) is 4.31. The van der Waals surface area contributed by atoms with Crippen molar-refractivity contribution in [2.45, 2.75) is 32.9 Å². The summed E-state index contributed by atoms with van der Waals surface area (Å²) in [6.07, 6.45) is 0. The summed E-state index contributed by atoms with van der Waals surface area (Å²) >= 11 is 3.53. The van der Waals surface area contributed by atoms with Crippen LogP contribution in [0.1, 0.15) is 29.8 Å². The van der Waals surface area contributed by atoms with Gasteiger partial charge in [-0.25, -0.2) is 0 Å². The summed E-state index contributed by atoms with van der Waals surface area (Å²) in [5.74, 6) is 0.127. The maximum absolute atomic E-state index is 12.6. The molecule has 2 atom stereocenters. The number of carbonyl (C=O) groups excluding carboxylic acids is 1. The van der Waals surface area contributed by atoms with E-state index in [2.05, 4.69) is 41.7 Å². The Balaban J connectivity index is 2.23. The van der Waals surface area contributed by atoms with Gasteiger partial charge in [0.25, 0.3) is 5.91 Å². The van der Waals surface area contributed by atoms with Crippen molar-refractivity contribution in [1.82, 2.24) is 9.80 Å². The Bertz CT molecular complexity index is 477. The Morgan fingerprint density at radius 2 is 1.84 bits per heavy atom. The fourth-order valence-corrected chi connectivity index (χ4v) is 2.99. The van der Waals surface area contributed by atoms with E-state index >= 15 is 0 Å². The van der Waals surface area contributed by atoms with Gasteiger partial charge in [-0.05, 0) is 55.4 Å². The van der Waals surface area contributed by atoms with E-state index in [0.717, 1.165) is 28.7 Å². The van der Waals surface area contributed by atoms with Crippen molar-refractivity contribution in [2.24, 2.45) is 0 Å². The number of nitrogens with zero attached hydrogens (tertiary/aromatic N) is 2. The Morgan fingerprint density at radius 3 is 2.42 bits per heavy atom. The van der Waals surface area contributed by atoms with Crippen molar-refractivity contribution < 1.29 is 4.79 Å². The average Bonchev–Trinajstić information content (AvgIpc) is 2.38. The van der Waals surface area contributed by atoms with Crippen molar-refractivity contribution >= 4 is 21.8 Å². The second-order valence-corrected chi connectivity index (χ2v) is 6.30. The van der Waals surface area contributed by atoms with Crippen LogP contribution < -0.4 is 0 Å². The topological polar surface area (TPSA) is 23.6 Å². The molecule has 1 amide bonds. The Labute approximate surface area is 123 Å². The molecule has 0 radical (unpaired) electrons. The zero-order chi connectivity index (χ0) is 14.2. The molecule has 0 bridgehead atoms. The molecular weight excluding hydrogens is 304 g/mol. The number of halogens is 1. The zero-order valence-corrected chi connectivity index (χ0v) is 13.6. The smallest absolute Gasteiger partial charge is 0.255 e. The highest BCUT2D eigenvalue weighted by Crippen LogP contribution is 2.24. The van der Waals surface area contributed by atoms with E-state index in [1.165, 1.54) is 0 Å². The summed E-state index contributed by atoms with van der Waals surface area (Å²) in [7, 11) is 2.12. The highest BCUT2D eigenvalue weighted by atomic mass is 79.9. The van der Waals surface area contributed by atoms with Crippen molar-refractivity contribution in [2.75, 3.05) is 20.1 Å². The van der Waals surface area contributed by atoms with E-state index < -0.39 is 0 Å². The molecule has 19 heavy (non-hydrogen) atoms. The molecule has 1 aromatic rings. The maximum atomic E-state index is 12.6. The fraction of sp³-hybridized carbons (Fsp3) is 0.533. The number of hydrogen-bond acceptors (Lipinski definition) is 2. The molecule has 4 heteroatoms. The van der Waals surface area contributed by atoms with E-state index in [0.29, 0.717) is 12.1 Å². The van der Waals surface area contributed by atoms with Crippen molar-refractivity contribution in [3.8, 4) is 0 Å². The number of amides is 1. The summed E-state index contributed by atoms with van der Waals surface area (Å²) in [5, 5.41) is 0. The number of piperazine rings is 1. The monoisotopic (exact) mass is 324 g/mol. The second kappa shape index (κ2) is 5.63. The second-order valence-electron chi connectivity index (χ2n) is 5.51. The van der Waals surface area contributed by atoms with Gasteiger partial charge in [0.15, 0.2) is 0 Å². The minimum Gasteiger partial charge on any atom is -0.335 e. The van der Waals surface area contributed by atoms with Crippen LogP contribution in [0, 0.1) is 6.92 Å². The zero-order valence-electron chi connectivity index (χ0n) is 12.0. The first-order valence-corrected chi connectivity index (χ1v) is 7.47. The van der Waals surface area contributed by atoms with Crippen LogP contribution in [0.5, 0.6) is 0 Å². The van der Waals surface area contributed by atoms with E-state index in [9.17, 15) is 4.79 Å². The number of likely N-dealkylation sites (N-methyl/N-ethyl adjacent to an activating group) is 1. The molecule has 2 rings (SSSR count). The highest BCUT2D eigenvalue weighted by molar-refractivity contribution is 9.10. The van der Waals surface area contributed by atoms with Gasteiger partial charge in [0, 0.05) is 29.6 Å². The van der Waals surface area contributed by atoms with Gasteiger partial charge in [-0.15, -0.1) is 0 Å². The highest BCUT2D eigenvalue weighted by Gasteiger charge is 2.30. The minimum absolute atomic E-state index is 0.127. The van der Waals surface area contributed by atoms with E-state index in [-0.39, 0.29) is 5.91 Å². The molecular formula is C15H21BrN2O. The van der Waals surface area contributed by atoms with Gasteiger partial charge in [-0.2, -0.15) is 0 Å². The molecule has 0 saturated carbocycles. The fourth-order valence-electron chi connectivity index (χ4n) is 2.55. The van der Waals surface area contributed by atoms with Crippen LogP contribution >= 0.6 is 15.9 Å². The Hall–Kier alpha value is -0.870. The van der Waals surface area contributed by atoms with Crippen LogP contribution in [-0.4, -0.2) is 47.9 Å². The molecule has 104 valence electrons. The Morgan fingerprint density at radius 1 is 1.26 bits per heavy atom. The summed E-state index contributed by atoms with van der Waals surface area (Å²) < 4.78 is 0.916. The third-order valence-corrected chi connectivity index (χ3v) is 5.12. The molecule has 0 N–H and O–H groups in total. The molecule has 0 aliphatic carbocycles. The normalized spacial score (nSPS) is 24.6. The van der Waals surface area contributed by atoms with Crippen LogP contribution in [0.25, 0.3) is 0 Å². The molecule has 1 heterocycles.